The molecule has 1 atom stereocenters. The lowest BCUT2D eigenvalue weighted by atomic mass is 10.0. The summed E-state index contributed by atoms with van der Waals surface area (Å²) in [6.07, 6.45) is 0.837. The maximum atomic E-state index is 11.9. The van der Waals surface area contributed by atoms with Crippen LogP contribution in [0.4, 0.5) is 5.82 Å². The van der Waals surface area contributed by atoms with Gasteiger partial charge in [0.1, 0.15) is 0 Å². The number of nitrogens with one attached hydrogen (secondary N) is 1. The molecule has 7 nitrogen and oxygen atoms in total. The van der Waals surface area contributed by atoms with Crippen molar-refractivity contribution >= 4 is 5.82 Å². The predicted molar refractivity (Wildman–Crippen MR) is 70.6 cm³/mol. The molecular weight excluding hydrogens is 234 g/mol. The minimum Gasteiger partial charge on any atom is -0.360 e. The van der Waals surface area contributed by atoms with Crippen LogP contribution in [-0.4, -0.2) is 26.9 Å². The number of nitrogens with zero attached hydrogens (tertiary/aromatic N) is 3. The SMILES string of the molecule is CC(C)CC(CN)Nc1nn(C)c(=O)n(C)c1=O. The molecule has 0 saturated carbocycles. The van der Waals surface area contributed by atoms with Gasteiger partial charge in [0.05, 0.1) is 0 Å². The summed E-state index contributed by atoms with van der Waals surface area (Å²) >= 11 is 0. The van der Waals surface area contributed by atoms with Gasteiger partial charge in [-0.2, -0.15) is 0 Å². The highest BCUT2D eigenvalue weighted by Crippen LogP contribution is 2.06. The molecule has 1 aromatic rings. The summed E-state index contributed by atoms with van der Waals surface area (Å²) < 4.78 is 2.16. The molecule has 0 bridgehead atoms. The fraction of sp³-hybridized carbons (Fsp3) is 0.727. The van der Waals surface area contributed by atoms with Crippen molar-refractivity contribution in [2.75, 3.05) is 11.9 Å². The molecule has 0 fully saturated rings. The molecule has 1 rings (SSSR count). The summed E-state index contributed by atoms with van der Waals surface area (Å²) in [6.45, 7) is 4.57. The van der Waals surface area contributed by atoms with Crippen LogP contribution in [0.1, 0.15) is 20.3 Å². The fourth-order valence-electron chi connectivity index (χ4n) is 1.77. The molecular formula is C11H21N5O2. The number of rotatable bonds is 5. The highest BCUT2D eigenvalue weighted by Gasteiger charge is 2.14. The summed E-state index contributed by atoms with van der Waals surface area (Å²) in [6, 6.07) is -0.0253. The lowest BCUT2D eigenvalue weighted by Gasteiger charge is -2.19. The Kier molecular flexibility index (Phi) is 4.66. The second kappa shape index (κ2) is 5.81. The van der Waals surface area contributed by atoms with Gasteiger partial charge >= 0.3 is 5.69 Å². The van der Waals surface area contributed by atoms with Gasteiger partial charge < -0.3 is 11.1 Å². The van der Waals surface area contributed by atoms with E-state index in [-0.39, 0.29) is 11.9 Å². The third-order valence-electron chi connectivity index (χ3n) is 2.70. The Balaban J connectivity index is 3.04. The summed E-state index contributed by atoms with van der Waals surface area (Å²) in [7, 11) is 2.93. The van der Waals surface area contributed by atoms with Gasteiger partial charge in [0, 0.05) is 26.7 Å². The smallest absolute Gasteiger partial charge is 0.346 e. The molecule has 0 saturated heterocycles. The predicted octanol–water partition coefficient (Wildman–Crippen LogP) is -0.736. The molecule has 0 aromatic carbocycles. The second-order valence-corrected chi connectivity index (χ2v) is 4.83. The third kappa shape index (κ3) is 3.19. The molecule has 0 aliphatic heterocycles. The Morgan fingerprint density at radius 2 is 1.94 bits per heavy atom. The number of hydrogen-bond acceptors (Lipinski definition) is 5. The Hall–Kier alpha value is -1.63. The van der Waals surface area contributed by atoms with Crippen molar-refractivity contribution in [1.82, 2.24) is 14.3 Å². The highest BCUT2D eigenvalue weighted by molar-refractivity contribution is 5.31. The van der Waals surface area contributed by atoms with Crippen molar-refractivity contribution in [3.05, 3.63) is 20.8 Å². The zero-order valence-corrected chi connectivity index (χ0v) is 11.3. The van der Waals surface area contributed by atoms with Gasteiger partial charge in [-0.05, 0) is 12.3 Å². The van der Waals surface area contributed by atoms with E-state index in [2.05, 4.69) is 24.3 Å². The van der Waals surface area contributed by atoms with Crippen molar-refractivity contribution in [3.63, 3.8) is 0 Å². The standard InChI is InChI=1S/C11H21N5O2/c1-7(2)5-8(6-12)13-9-10(17)15(3)11(18)16(4)14-9/h7-8H,5-6,12H2,1-4H3,(H,13,14). The number of aromatic nitrogens is 3. The molecule has 1 aromatic heterocycles. The molecule has 0 amide bonds. The summed E-state index contributed by atoms with van der Waals surface area (Å²) in [4.78, 5) is 23.3. The zero-order chi connectivity index (χ0) is 13.9. The van der Waals surface area contributed by atoms with Crippen LogP contribution in [-0.2, 0) is 14.1 Å². The van der Waals surface area contributed by atoms with E-state index in [1.54, 1.807) is 0 Å². The molecule has 0 spiro atoms. The molecule has 0 aliphatic rings. The van der Waals surface area contributed by atoms with Crippen LogP contribution < -0.4 is 22.3 Å². The van der Waals surface area contributed by atoms with Crippen molar-refractivity contribution in [1.29, 1.82) is 0 Å². The summed E-state index contributed by atoms with van der Waals surface area (Å²) in [5, 5.41) is 6.94. The monoisotopic (exact) mass is 255 g/mol. The van der Waals surface area contributed by atoms with Gasteiger partial charge in [-0.15, -0.1) is 5.10 Å². The fourth-order valence-corrected chi connectivity index (χ4v) is 1.77. The minimum atomic E-state index is -0.446. The largest absolute Gasteiger partial charge is 0.360 e. The van der Waals surface area contributed by atoms with Gasteiger partial charge in [0.25, 0.3) is 5.56 Å². The Labute approximate surface area is 106 Å². The van der Waals surface area contributed by atoms with Gasteiger partial charge in [-0.3, -0.25) is 9.36 Å². The average molecular weight is 255 g/mol. The van der Waals surface area contributed by atoms with E-state index in [9.17, 15) is 9.59 Å². The zero-order valence-electron chi connectivity index (χ0n) is 11.3. The van der Waals surface area contributed by atoms with E-state index in [1.807, 2.05) is 0 Å². The third-order valence-corrected chi connectivity index (χ3v) is 2.70. The van der Waals surface area contributed by atoms with Gasteiger partial charge in [0.15, 0.2) is 0 Å². The first-order valence-corrected chi connectivity index (χ1v) is 5.97. The van der Waals surface area contributed by atoms with Gasteiger partial charge in [0.2, 0.25) is 5.82 Å². The maximum Gasteiger partial charge on any atom is 0.346 e. The Morgan fingerprint density at radius 1 is 1.33 bits per heavy atom. The first-order chi connectivity index (χ1) is 8.36. The molecule has 102 valence electrons. The lowest BCUT2D eigenvalue weighted by Crippen LogP contribution is -2.42. The van der Waals surface area contributed by atoms with Crippen molar-refractivity contribution < 1.29 is 0 Å². The topological polar surface area (TPSA) is 94.9 Å². The van der Waals surface area contributed by atoms with E-state index >= 15 is 0 Å². The van der Waals surface area contributed by atoms with Crippen LogP contribution in [0.2, 0.25) is 0 Å². The van der Waals surface area contributed by atoms with Crippen molar-refractivity contribution in [3.8, 4) is 0 Å². The quantitative estimate of drug-likeness (QED) is 0.723. The van der Waals surface area contributed by atoms with Crippen LogP contribution in [0.3, 0.4) is 0 Å². The minimum absolute atomic E-state index is 0.0253. The van der Waals surface area contributed by atoms with Crippen LogP contribution >= 0.6 is 0 Å². The first kappa shape index (κ1) is 14.4. The molecule has 18 heavy (non-hydrogen) atoms. The van der Waals surface area contributed by atoms with Crippen LogP contribution in [0.25, 0.3) is 0 Å². The van der Waals surface area contributed by atoms with Crippen LogP contribution in [0.5, 0.6) is 0 Å². The van der Waals surface area contributed by atoms with E-state index in [4.69, 9.17) is 5.73 Å². The normalized spacial score (nSPS) is 12.8. The molecule has 1 unspecified atom stereocenters. The molecule has 1 heterocycles. The van der Waals surface area contributed by atoms with Crippen LogP contribution in [0, 0.1) is 5.92 Å². The molecule has 0 aliphatic carbocycles. The second-order valence-electron chi connectivity index (χ2n) is 4.83. The summed E-state index contributed by atoms with van der Waals surface area (Å²) in [5.41, 5.74) is 4.78. The van der Waals surface area contributed by atoms with Gasteiger partial charge in [-0.1, -0.05) is 13.8 Å². The van der Waals surface area contributed by atoms with E-state index in [1.165, 1.54) is 14.1 Å². The number of aryl methyl sites for hydroxylation is 1. The molecule has 0 radical (unpaired) electrons. The van der Waals surface area contributed by atoms with E-state index in [0.29, 0.717) is 12.5 Å². The lowest BCUT2D eigenvalue weighted by molar-refractivity contribution is 0.515. The Morgan fingerprint density at radius 3 is 2.44 bits per heavy atom. The first-order valence-electron chi connectivity index (χ1n) is 5.97. The number of nitrogens with two attached hydrogens (primary N) is 1. The van der Waals surface area contributed by atoms with E-state index in [0.717, 1.165) is 15.7 Å². The van der Waals surface area contributed by atoms with Crippen molar-refractivity contribution in [2.45, 2.75) is 26.3 Å². The van der Waals surface area contributed by atoms with E-state index < -0.39 is 11.2 Å². The van der Waals surface area contributed by atoms with Gasteiger partial charge in [-0.25, -0.2) is 9.48 Å². The average Bonchev–Trinajstić information content (AvgIpc) is 2.31. The Bertz CT molecular complexity index is 517. The van der Waals surface area contributed by atoms with Crippen molar-refractivity contribution in [2.24, 2.45) is 25.7 Å². The van der Waals surface area contributed by atoms with Crippen LogP contribution in [0.15, 0.2) is 9.59 Å². The molecule has 3 N–H and O–H groups in total. The number of anilines is 1. The highest BCUT2D eigenvalue weighted by atomic mass is 16.2. The summed E-state index contributed by atoms with van der Waals surface area (Å²) in [5.74, 6) is 0.623. The maximum absolute atomic E-state index is 11.9. The molecule has 7 heteroatoms. The number of hydrogen-bond donors (Lipinski definition) is 2.